The van der Waals surface area contributed by atoms with Crippen LogP contribution in [0.1, 0.15) is 37.4 Å². The normalized spacial score (nSPS) is 16.8. The summed E-state index contributed by atoms with van der Waals surface area (Å²) < 4.78 is 0. The van der Waals surface area contributed by atoms with Crippen LogP contribution in [0, 0.1) is 0 Å². The molecule has 0 aromatic heterocycles. The Kier molecular flexibility index (Phi) is 7.79. The largest absolute Gasteiger partial charge is 0.340 e. The third kappa shape index (κ3) is 5.60. The van der Waals surface area contributed by atoms with Crippen LogP contribution >= 0.6 is 11.8 Å². The van der Waals surface area contributed by atoms with Crippen LogP contribution < -0.4 is 16.0 Å². The van der Waals surface area contributed by atoms with Gasteiger partial charge in [0.05, 0.1) is 17.3 Å². The zero-order chi connectivity index (χ0) is 26.5. The predicted octanol–water partition coefficient (Wildman–Crippen LogP) is 6.66. The number of allylic oxidation sites excluding steroid dienone is 1. The molecule has 3 aromatic carbocycles. The molecule has 194 valence electrons. The van der Waals surface area contributed by atoms with Gasteiger partial charge in [0.25, 0.3) is 5.91 Å². The van der Waals surface area contributed by atoms with Gasteiger partial charge in [0.15, 0.2) is 5.17 Å². The number of urea groups is 1. The topological polar surface area (TPSA) is 85.8 Å². The van der Waals surface area contributed by atoms with Gasteiger partial charge < -0.3 is 20.9 Å². The Hall–Kier alpha value is -4.04. The molecule has 3 N–H and O–H groups in total. The molecule has 3 aromatic rings. The Morgan fingerprint density at radius 3 is 2.53 bits per heavy atom. The minimum atomic E-state index is -0.315. The zero-order valence-corrected chi connectivity index (χ0v) is 22.3. The lowest BCUT2D eigenvalue weighted by Gasteiger charge is -2.41. The quantitative estimate of drug-likeness (QED) is 0.336. The first kappa shape index (κ1) is 25.6. The second-order valence-corrected chi connectivity index (χ2v) is 10.3. The number of nitrogens with one attached hydrogen (secondary N) is 3. The number of thioether (sulfide) groups is 1. The molecule has 8 heteroatoms. The van der Waals surface area contributed by atoms with Crippen LogP contribution in [0.2, 0.25) is 0 Å². The van der Waals surface area contributed by atoms with Gasteiger partial charge in [-0.15, -0.1) is 0 Å². The number of nitrogens with zero attached hydrogens (tertiary/aromatic N) is 2. The van der Waals surface area contributed by atoms with E-state index in [1.54, 1.807) is 11.8 Å². The van der Waals surface area contributed by atoms with Crippen molar-refractivity contribution in [3.8, 4) is 0 Å². The number of carbonyl (C=O) groups is 2. The van der Waals surface area contributed by atoms with Gasteiger partial charge in [0.1, 0.15) is 0 Å². The number of anilines is 3. The molecule has 7 nitrogen and oxygen atoms in total. The second-order valence-electron chi connectivity index (χ2n) is 9.23. The smallest absolute Gasteiger partial charge is 0.323 e. The molecule has 2 aliphatic rings. The van der Waals surface area contributed by atoms with Crippen molar-refractivity contribution < 1.29 is 9.59 Å². The molecule has 2 aliphatic heterocycles. The summed E-state index contributed by atoms with van der Waals surface area (Å²) in [6.45, 7) is 4.76. The number of amidine groups is 1. The number of amides is 3. The Morgan fingerprint density at radius 2 is 1.71 bits per heavy atom. The number of hydrogen-bond donors (Lipinski definition) is 3. The summed E-state index contributed by atoms with van der Waals surface area (Å²) >= 11 is 1.72. The summed E-state index contributed by atoms with van der Waals surface area (Å²) in [7, 11) is 0. The number of para-hydroxylation sites is 2. The van der Waals surface area contributed by atoms with Crippen molar-refractivity contribution in [3.05, 3.63) is 101 Å². The Bertz CT molecular complexity index is 1400. The van der Waals surface area contributed by atoms with Gasteiger partial charge in [0, 0.05) is 29.4 Å². The molecular formula is C30H31N5O2S. The fourth-order valence-electron chi connectivity index (χ4n) is 4.85. The van der Waals surface area contributed by atoms with E-state index in [1.807, 2.05) is 85.8 Å². The van der Waals surface area contributed by atoms with Gasteiger partial charge >= 0.3 is 6.03 Å². The number of carbonyl (C=O) groups excluding carboxylic acids is 2. The van der Waals surface area contributed by atoms with Gasteiger partial charge in [-0.1, -0.05) is 67.2 Å². The maximum absolute atomic E-state index is 13.6. The molecule has 0 spiro atoms. The number of benzene rings is 3. The fraction of sp³-hybridized carbons (Fsp3) is 0.233. The van der Waals surface area contributed by atoms with E-state index < -0.39 is 0 Å². The van der Waals surface area contributed by atoms with Gasteiger partial charge in [-0.25, -0.2) is 9.79 Å². The summed E-state index contributed by atoms with van der Waals surface area (Å²) in [5.74, 6) is 0.825. The van der Waals surface area contributed by atoms with E-state index in [0.717, 1.165) is 52.8 Å². The van der Waals surface area contributed by atoms with Crippen molar-refractivity contribution in [2.24, 2.45) is 4.99 Å². The van der Waals surface area contributed by atoms with E-state index >= 15 is 0 Å². The fourth-order valence-corrected chi connectivity index (χ4v) is 5.87. The van der Waals surface area contributed by atoms with E-state index in [9.17, 15) is 9.59 Å². The van der Waals surface area contributed by atoms with Crippen LogP contribution in [0.15, 0.2) is 95.1 Å². The van der Waals surface area contributed by atoms with Gasteiger partial charge in [-0.3, -0.25) is 4.79 Å². The number of hydrogen-bond acceptors (Lipinski definition) is 5. The van der Waals surface area contributed by atoms with Crippen molar-refractivity contribution in [1.29, 1.82) is 0 Å². The standard InChI is InChI=1S/C30H31N5O2S/c1-3-21-11-7-8-16-25(21)34-29(37)33-24-15-9-12-22(19-24)27-26(28(36)32-23-13-5-4-6-14-23)20(2)31-30-35(27)17-10-18-38-30/h4-9,11-16,19,27H,3,10,17-18H2,1-2H3,(H,32,36)(H2,33,34,37). The number of rotatable bonds is 6. The SMILES string of the molecule is CCc1ccccc1NC(=O)Nc1cccc(C2C(C(=O)Nc3ccccc3)=C(C)N=C3SCCCN32)c1. The maximum atomic E-state index is 13.6. The third-order valence-corrected chi connectivity index (χ3v) is 7.72. The average molecular weight is 526 g/mol. The first-order valence-electron chi connectivity index (χ1n) is 12.8. The highest BCUT2D eigenvalue weighted by Gasteiger charge is 2.37. The van der Waals surface area contributed by atoms with Gasteiger partial charge in [-0.05, 0) is 61.2 Å². The van der Waals surface area contributed by atoms with Crippen molar-refractivity contribution in [2.45, 2.75) is 32.7 Å². The molecule has 1 unspecified atom stereocenters. The van der Waals surface area contributed by atoms with Crippen LogP contribution in [0.4, 0.5) is 21.9 Å². The lowest BCUT2D eigenvalue weighted by atomic mass is 9.93. The predicted molar refractivity (Wildman–Crippen MR) is 157 cm³/mol. The van der Waals surface area contributed by atoms with Crippen molar-refractivity contribution in [2.75, 3.05) is 28.2 Å². The maximum Gasteiger partial charge on any atom is 0.323 e. The lowest BCUT2D eigenvalue weighted by molar-refractivity contribution is -0.113. The van der Waals surface area contributed by atoms with E-state index in [4.69, 9.17) is 4.99 Å². The molecule has 1 saturated heterocycles. The van der Waals surface area contributed by atoms with Crippen molar-refractivity contribution in [1.82, 2.24) is 4.90 Å². The molecule has 0 radical (unpaired) electrons. The molecule has 5 rings (SSSR count). The summed E-state index contributed by atoms with van der Waals surface area (Å²) in [6.07, 6.45) is 1.83. The molecule has 3 amide bonds. The van der Waals surface area contributed by atoms with Crippen molar-refractivity contribution in [3.63, 3.8) is 0 Å². The number of fused-ring (bicyclic) bond motifs is 1. The summed E-state index contributed by atoms with van der Waals surface area (Å²) in [6, 6.07) is 24.3. The first-order valence-corrected chi connectivity index (χ1v) is 13.8. The Balaban J connectivity index is 1.43. The molecule has 0 saturated carbocycles. The van der Waals surface area contributed by atoms with E-state index in [0.29, 0.717) is 17.0 Å². The van der Waals surface area contributed by atoms with Crippen molar-refractivity contribution >= 4 is 45.9 Å². The molecule has 38 heavy (non-hydrogen) atoms. The van der Waals surface area contributed by atoms with Gasteiger partial charge in [0.2, 0.25) is 0 Å². The Morgan fingerprint density at radius 1 is 0.947 bits per heavy atom. The lowest BCUT2D eigenvalue weighted by Crippen LogP contribution is -2.43. The molecule has 1 fully saturated rings. The highest BCUT2D eigenvalue weighted by Crippen LogP contribution is 2.40. The van der Waals surface area contributed by atoms with Crippen LogP contribution in [0.3, 0.4) is 0 Å². The molecule has 0 bridgehead atoms. The van der Waals surface area contributed by atoms with Gasteiger partial charge in [-0.2, -0.15) is 0 Å². The third-order valence-electron chi connectivity index (χ3n) is 6.64. The van der Waals surface area contributed by atoms with E-state index in [1.165, 1.54) is 0 Å². The van der Waals surface area contributed by atoms with E-state index in [2.05, 4.69) is 27.8 Å². The second kappa shape index (κ2) is 11.6. The zero-order valence-electron chi connectivity index (χ0n) is 21.5. The molecule has 1 atom stereocenters. The molecular weight excluding hydrogens is 494 g/mol. The summed E-state index contributed by atoms with van der Waals surface area (Å²) in [4.78, 5) is 33.5. The van der Waals surface area contributed by atoms with Crippen LogP contribution in [0.5, 0.6) is 0 Å². The monoisotopic (exact) mass is 525 g/mol. The molecule has 2 heterocycles. The minimum absolute atomic E-state index is 0.177. The number of aliphatic imine (C=N–C) groups is 1. The highest BCUT2D eigenvalue weighted by molar-refractivity contribution is 8.13. The van der Waals surface area contributed by atoms with E-state index in [-0.39, 0.29) is 18.0 Å². The average Bonchev–Trinajstić information content (AvgIpc) is 2.93. The van der Waals surface area contributed by atoms with Crippen LogP contribution in [-0.2, 0) is 11.2 Å². The summed E-state index contributed by atoms with van der Waals surface area (Å²) in [5, 5.41) is 9.90. The van der Waals surface area contributed by atoms with Crippen LogP contribution in [0.25, 0.3) is 0 Å². The summed E-state index contributed by atoms with van der Waals surface area (Å²) in [5.41, 5.74) is 5.49. The number of aryl methyl sites for hydroxylation is 1. The molecule has 0 aliphatic carbocycles. The minimum Gasteiger partial charge on any atom is -0.340 e. The Labute approximate surface area is 227 Å². The highest BCUT2D eigenvalue weighted by atomic mass is 32.2. The van der Waals surface area contributed by atoms with Crippen LogP contribution in [-0.4, -0.2) is 34.3 Å². The first-order chi connectivity index (χ1) is 18.5.